The van der Waals surface area contributed by atoms with E-state index in [1.807, 2.05) is 13.8 Å². The molecule has 2 N–H and O–H groups in total. The van der Waals surface area contributed by atoms with Gasteiger partial charge in [0.25, 0.3) is 0 Å². The Kier molecular flexibility index (Phi) is 8.01. The van der Waals surface area contributed by atoms with Gasteiger partial charge in [-0.1, -0.05) is 58.6 Å². The third-order valence-electron chi connectivity index (χ3n) is 11.8. The molecule has 0 aromatic rings. The summed E-state index contributed by atoms with van der Waals surface area (Å²) in [4.78, 5) is 0. The zero-order chi connectivity index (χ0) is 24.7. The second-order valence-corrected chi connectivity index (χ2v) is 14.4. The quantitative estimate of drug-likeness (QED) is 0.262. The lowest BCUT2D eigenvalue weighted by atomic mass is 9.44. The topological polar surface area (TPSA) is 40.5 Å². The molecule has 0 radical (unpaired) electrons. The fraction of sp³-hybridized carbons (Fsp3) is 0.938. The van der Waals surface area contributed by atoms with Crippen LogP contribution in [0.1, 0.15) is 131 Å². The molecule has 4 aliphatic carbocycles. The Balaban J connectivity index is 1.43. The molecule has 0 bridgehead atoms. The van der Waals surface area contributed by atoms with Crippen LogP contribution >= 0.6 is 0 Å². The normalized spacial score (nSPS) is 43.0. The second kappa shape index (κ2) is 10.2. The monoisotopic (exact) mass is 472 g/mol. The van der Waals surface area contributed by atoms with E-state index >= 15 is 0 Å². The summed E-state index contributed by atoms with van der Waals surface area (Å²) >= 11 is 0. The summed E-state index contributed by atoms with van der Waals surface area (Å²) in [6, 6.07) is 0. The van der Waals surface area contributed by atoms with Crippen molar-refractivity contribution in [3.8, 4) is 0 Å². The Morgan fingerprint density at radius 2 is 1.76 bits per heavy atom. The highest BCUT2D eigenvalue weighted by Crippen LogP contribution is 2.69. The van der Waals surface area contributed by atoms with Crippen LogP contribution in [0.2, 0.25) is 0 Å². The molecule has 0 amide bonds. The largest absolute Gasteiger partial charge is 0.393 e. The molecule has 3 fully saturated rings. The highest BCUT2D eigenvalue weighted by Gasteiger charge is 2.60. The van der Waals surface area contributed by atoms with Crippen molar-refractivity contribution >= 4 is 0 Å². The molecule has 9 unspecified atom stereocenters. The minimum atomic E-state index is -0.509. The molecular formula is C32H56O2. The maximum Gasteiger partial charge on any atom is 0.0591 e. The Morgan fingerprint density at radius 1 is 1.03 bits per heavy atom. The highest BCUT2D eigenvalue weighted by atomic mass is 16.3. The molecule has 9 atom stereocenters. The molecule has 4 rings (SSSR count). The predicted molar refractivity (Wildman–Crippen MR) is 144 cm³/mol. The van der Waals surface area contributed by atoms with Crippen molar-refractivity contribution in [3.63, 3.8) is 0 Å². The zero-order valence-corrected chi connectivity index (χ0v) is 23.4. The molecule has 0 aromatic carbocycles. The first kappa shape index (κ1) is 26.7. The van der Waals surface area contributed by atoms with Crippen LogP contribution in [0, 0.1) is 46.3 Å². The first-order valence-electron chi connectivity index (χ1n) is 15.1. The lowest BCUT2D eigenvalue weighted by Crippen LogP contribution is -2.52. The van der Waals surface area contributed by atoms with Gasteiger partial charge in [0.2, 0.25) is 0 Å². The number of hydrogen-bond donors (Lipinski definition) is 2. The number of rotatable bonds is 9. The van der Waals surface area contributed by atoms with E-state index in [-0.39, 0.29) is 6.10 Å². The molecule has 0 heterocycles. The second-order valence-electron chi connectivity index (χ2n) is 14.4. The summed E-state index contributed by atoms with van der Waals surface area (Å²) in [5.74, 6) is 4.79. The van der Waals surface area contributed by atoms with Crippen LogP contribution in [-0.4, -0.2) is 21.9 Å². The van der Waals surface area contributed by atoms with E-state index in [4.69, 9.17) is 0 Å². The lowest BCUT2D eigenvalue weighted by Gasteiger charge is -2.60. The summed E-state index contributed by atoms with van der Waals surface area (Å²) in [6.07, 6.45) is 20.1. The van der Waals surface area contributed by atoms with Crippen molar-refractivity contribution < 1.29 is 10.2 Å². The van der Waals surface area contributed by atoms with E-state index in [1.54, 1.807) is 5.57 Å². The van der Waals surface area contributed by atoms with Gasteiger partial charge < -0.3 is 10.2 Å². The number of aliphatic hydroxyl groups excluding tert-OH is 1. The van der Waals surface area contributed by atoms with Crippen molar-refractivity contribution in [2.75, 3.05) is 0 Å². The molecule has 0 spiro atoms. The van der Waals surface area contributed by atoms with E-state index in [2.05, 4.69) is 33.8 Å². The molecule has 0 saturated heterocycles. The van der Waals surface area contributed by atoms with Crippen molar-refractivity contribution in [2.24, 2.45) is 46.3 Å². The van der Waals surface area contributed by atoms with Crippen LogP contribution in [-0.2, 0) is 0 Å². The van der Waals surface area contributed by atoms with Crippen LogP contribution < -0.4 is 0 Å². The number of allylic oxidation sites excluding steroid dienone is 2. The third-order valence-corrected chi connectivity index (χ3v) is 11.8. The summed E-state index contributed by atoms with van der Waals surface area (Å²) in [5.41, 5.74) is 2.30. The average molecular weight is 473 g/mol. The molecule has 0 aliphatic heterocycles. The Labute approximate surface area is 211 Å². The van der Waals surface area contributed by atoms with E-state index in [9.17, 15) is 10.2 Å². The molecule has 0 aromatic heterocycles. The van der Waals surface area contributed by atoms with Crippen molar-refractivity contribution in [1.29, 1.82) is 0 Å². The average Bonchev–Trinajstić information content (AvgIpc) is 3.09. The SMILES string of the molecule is CCCC(O)CC1CCC2C(=CCC3C4CCC(CCCCC(C)(C)O)C4(C)CCC23C)C1C. The van der Waals surface area contributed by atoms with Gasteiger partial charge in [-0.25, -0.2) is 0 Å². The lowest BCUT2D eigenvalue weighted by molar-refractivity contribution is -0.0794. The molecule has 4 aliphatic rings. The van der Waals surface area contributed by atoms with Gasteiger partial charge in [-0.3, -0.25) is 0 Å². The van der Waals surface area contributed by atoms with Gasteiger partial charge in [0.05, 0.1) is 11.7 Å². The standard InChI is InChI=1S/C32H56O2/c1-7-10-25(33)21-23-12-15-27-26(22(23)2)14-17-29-28-16-13-24(11-8-9-18-30(3,4)34)31(28,5)19-20-32(27,29)6/h14,22-25,27-29,33-34H,7-13,15-21H2,1-6H3. The van der Waals surface area contributed by atoms with Crippen LogP contribution in [0.4, 0.5) is 0 Å². The van der Waals surface area contributed by atoms with Crippen molar-refractivity contribution in [2.45, 2.75) is 143 Å². The first-order valence-corrected chi connectivity index (χ1v) is 15.1. The highest BCUT2D eigenvalue weighted by molar-refractivity contribution is 5.25. The van der Waals surface area contributed by atoms with E-state index < -0.39 is 5.60 Å². The number of unbranched alkanes of at least 4 members (excludes halogenated alkanes) is 1. The van der Waals surface area contributed by atoms with Gasteiger partial charge in [0, 0.05) is 0 Å². The fourth-order valence-corrected chi connectivity index (χ4v) is 9.68. The first-order chi connectivity index (χ1) is 16.0. The van der Waals surface area contributed by atoms with E-state index in [1.165, 1.54) is 64.2 Å². The maximum absolute atomic E-state index is 10.5. The van der Waals surface area contributed by atoms with Crippen molar-refractivity contribution in [3.05, 3.63) is 11.6 Å². The van der Waals surface area contributed by atoms with Gasteiger partial charge in [0.15, 0.2) is 0 Å². The molecular weight excluding hydrogens is 416 g/mol. The van der Waals surface area contributed by atoms with Gasteiger partial charge >= 0.3 is 0 Å². The maximum atomic E-state index is 10.5. The minimum Gasteiger partial charge on any atom is -0.393 e. The van der Waals surface area contributed by atoms with Crippen LogP contribution in [0.3, 0.4) is 0 Å². The van der Waals surface area contributed by atoms with Crippen LogP contribution in [0.25, 0.3) is 0 Å². The fourth-order valence-electron chi connectivity index (χ4n) is 9.68. The predicted octanol–water partition coefficient (Wildman–Crippen LogP) is 8.31. The summed E-state index contributed by atoms with van der Waals surface area (Å²) in [5, 5.41) is 20.6. The van der Waals surface area contributed by atoms with Crippen LogP contribution in [0.5, 0.6) is 0 Å². The van der Waals surface area contributed by atoms with Gasteiger partial charge in [-0.15, -0.1) is 0 Å². The Hall–Kier alpha value is -0.340. The Morgan fingerprint density at radius 3 is 2.47 bits per heavy atom. The molecule has 2 heteroatoms. The van der Waals surface area contributed by atoms with Gasteiger partial charge in [-0.05, 0) is 131 Å². The minimum absolute atomic E-state index is 0.101. The third kappa shape index (κ3) is 5.06. The molecule has 3 saturated carbocycles. The zero-order valence-electron chi connectivity index (χ0n) is 23.4. The van der Waals surface area contributed by atoms with E-state index in [0.29, 0.717) is 22.7 Å². The Bertz CT molecular complexity index is 719. The van der Waals surface area contributed by atoms with Gasteiger partial charge in [-0.2, -0.15) is 0 Å². The van der Waals surface area contributed by atoms with E-state index in [0.717, 1.165) is 49.4 Å². The molecule has 34 heavy (non-hydrogen) atoms. The summed E-state index contributed by atoms with van der Waals surface area (Å²) in [7, 11) is 0. The number of aliphatic hydroxyl groups is 2. The molecule has 2 nitrogen and oxygen atoms in total. The molecule has 196 valence electrons. The van der Waals surface area contributed by atoms with Crippen LogP contribution in [0.15, 0.2) is 11.6 Å². The van der Waals surface area contributed by atoms with Gasteiger partial charge in [0.1, 0.15) is 0 Å². The summed E-state index contributed by atoms with van der Waals surface area (Å²) < 4.78 is 0. The smallest absolute Gasteiger partial charge is 0.0591 e. The van der Waals surface area contributed by atoms with Crippen molar-refractivity contribution in [1.82, 2.24) is 0 Å². The number of fused-ring (bicyclic) bond motifs is 5. The number of hydrogen-bond acceptors (Lipinski definition) is 2. The summed E-state index contributed by atoms with van der Waals surface area (Å²) in [6.45, 7) is 13.9.